The largest absolute Gasteiger partial charge is 0.508 e. The highest BCUT2D eigenvalue weighted by molar-refractivity contribution is 9.09. The van der Waals surface area contributed by atoms with Crippen molar-refractivity contribution in [3.8, 4) is 11.5 Å². The second kappa shape index (κ2) is 10.0. The maximum atomic E-state index is 14.1. The number of hydrogen-bond acceptors (Lipinski definition) is 7. The van der Waals surface area contributed by atoms with E-state index in [0.717, 1.165) is 9.80 Å². The van der Waals surface area contributed by atoms with Crippen molar-refractivity contribution in [1.82, 2.24) is 4.90 Å². The molecule has 9 nitrogen and oxygen atoms in total. The average Bonchev–Trinajstić information content (AvgIpc) is 3.34. The van der Waals surface area contributed by atoms with Gasteiger partial charge in [0.1, 0.15) is 11.5 Å². The number of ketones is 1. The first-order valence-corrected chi connectivity index (χ1v) is 16.0. The van der Waals surface area contributed by atoms with E-state index in [1.165, 1.54) is 19.3 Å². The Kier molecular flexibility index (Phi) is 6.66. The second-order valence-corrected chi connectivity index (χ2v) is 13.6. The highest BCUT2D eigenvalue weighted by Gasteiger charge is 2.76. The van der Waals surface area contributed by atoms with E-state index in [-0.39, 0.29) is 42.2 Å². The smallest absolute Gasteiger partial charge is 0.254 e. The molecule has 12 heteroatoms. The van der Waals surface area contributed by atoms with Gasteiger partial charge in [0.25, 0.3) is 11.8 Å². The summed E-state index contributed by atoms with van der Waals surface area (Å²) in [7, 11) is 0. The monoisotopic (exact) mass is 698 g/mol. The second-order valence-electron chi connectivity index (χ2n) is 11.9. The summed E-state index contributed by atoms with van der Waals surface area (Å²) in [5, 5.41) is 10.1. The topological polar surface area (TPSA) is 121 Å². The van der Waals surface area contributed by atoms with Crippen LogP contribution in [0.4, 0.5) is 5.69 Å². The number of Topliss-reactive ketones (excluding diaryl/α,β-unsaturated/α-hetero) is 1. The number of rotatable bonds is 4. The number of likely N-dealkylation sites (tertiary alicyclic amines) is 1. The third-order valence-corrected chi connectivity index (χ3v) is 11.6. The minimum absolute atomic E-state index is 0.0335. The van der Waals surface area contributed by atoms with Crippen LogP contribution in [0.3, 0.4) is 0 Å². The van der Waals surface area contributed by atoms with Crippen LogP contribution in [0, 0.1) is 23.7 Å². The Bertz CT molecular complexity index is 1760. The van der Waals surface area contributed by atoms with Gasteiger partial charge in [-0.15, -0.1) is 23.2 Å². The van der Waals surface area contributed by atoms with Crippen LogP contribution in [-0.2, 0) is 25.6 Å². The summed E-state index contributed by atoms with van der Waals surface area (Å²) in [5.41, 5.74) is 2.54. The average molecular weight is 700 g/mol. The predicted octanol–water partition coefficient (Wildman–Crippen LogP) is 4.86. The number of allylic oxidation sites excluding steroid dienone is 3. The van der Waals surface area contributed by atoms with E-state index in [2.05, 4.69) is 15.9 Å². The molecule has 3 fully saturated rings. The summed E-state index contributed by atoms with van der Waals surface area (Å²) >= 11 is 17.8. The van der Waals surface area contributed by atoms with Crippen molar-refractivity contribution in [1.29, 1.82) is 0 Å². The first-order valence-electron chi connectivity index (χ1n) is 14.1. The van der Waals surface area contributed by atoms with Crippen LogP contribution in [0.5, 0.6) is 11.5 Å². The quantitative estimate of drug-likeness (QED) is 0.159. The minimum Gasteiger partial charge on any atom is -0.508 e. The summed E-state index contributed by atoms with van der Waals surface area (Å²) in [6, 6.07) is 11.0. The minimum atomic E-state index is -1.94. The molecule has 0 bridgehead atoms. The Morgan fingerprint density at radius 2 is 1.77 bits per heavy atom. The molecule has 226 valence electrons. The van der Waals surface area contributed by atoms with Crippen LogP contribution >= 0.6 is 39.1 Å². The Balaban J connectivity index is 1.34. The number of ether oxygens (including phenoxy) is 1. The van der Waals surface area contributed by atoms with Crippen LogP contribution in [0.2, 0.25) is 0 Å². The molecule has 3 aliphatic heterocycles. The lowest BCUT2D eigenvalue weighted by molar-refractivity contribution is -0.138. The van der Waals surface area contributed by atoms with E-state index in [0.29, 0.717) is 33.7 Å². The number of hydrogen-bond donors (Lipinski definition) is 1. The van der Waals surface area contributed by atoms with E-state index < -0.39 is 51.1 Å². The summed E-state index contributed by atoms with van der Waals surface area (Å²) in [4.78, 5) is 65.7. The molecule has 0 spiro atoms. The maximum Gasteiger partial charge on any atom is 0.254 e. The fourth-order valence-electron chi connectivity index (χ4n) is 7.66. The number of fused-ring (bicyclic) bond motifs is 5. The van der Waals surface area contributed by atoms with Gasteiger partial charge in [0.05, 0.1) is 29.2 Å². The Hall–Kier alpha value is -3.47. The number of alkyl halides is 3. The fraction of sp³-hybridized carbons (Fsp3) is 0.344. The molecule has 2 aliphatic carbocycles. The van der Waals surface area contributed by atoms with Gasteiger partial charge in [0, 0.05) is 23.5 Å². The van der Waals surface area contributed by atoms with Crippen molar-refractivity contribution < 1.29 is 33.8 Å². The molecule has 2 aromatic rings. The summed E-state index contributed by atoms with van der Waals surface area (Å²) in [6.07, 6.45) is 3.69. The number of halogens is 3. The van der Waals surface area contributed by atoms with Gasteiger partial charge < -0.3 is 9.84 Å². The van der Waals surface area contributed by atoms with Gasteiger partial charge in [-0.05, 0) is 73.7 Å². The van der Waals surface area contributed by atoms with Gasteiger partial charge >= 0.3 is 0 Å². The number of phenolic OH excluding ortho intramolecular Hbond substituents is 1. The lowest BCUT2D eigenvalue weighted by Gasteiger charge is -2.51. The molecule has 0 radical (unpaired) electrons. The van der Waals surface area contributed by atoms with Crippen molar-refractivity contribution in [2.24, 2.45) is 23.7 Å². The Labute approximate surface area is 270 Å². The highest BCUT2D eigenvalue weighted by Crippen LogP contribution is 2.65. The van der Waals surface area contributed by atoms with Gasteiger partial charge in [-0.2, -0.15) is 0 Å². The molecule has 0 aromatic heterocycles. The third kappa shape index (κ3) is 3.80. The third-order valence-electron chi connectivity index (χ3n) is 9.69. The van der Waals surface area contributed by atoms with Crippen LogP contribution in [-0.4, -0.2) is 54.6 Å². The summed E-state index contributed by atoms with van der Waals surface area (Å²) < 4.78 is 5.92. The molecule has 6 atom stereocenters. The summed E-state index contributed by atoms with van der Waals surface area (Å²) in [6.45, 7) is 1.43. The molecule has 7 rings (SSSR count). The number of benzene rings is 2. The van der Waals surface area contributed by atoms with E-state index in [1.54, 1.807) is 36.4 Å². The Morgan fingerprint density at radius 3 is 2.45 bits per heavy atom. The van der Waals surface area contributed by atoms with Crippen molar-refractivity contribution in [2.75, 3.05) is 10.4 Å². The van der Waals surface area contributed by atoms with Crippen molar-refractivity contribution in [3.05, 3.63) is 77.1 Å². The molecule has 3 heterocycles. The van der Waals surface area contributed by atoms with Gasteiger partial charge in [0.15, 0.2) is 15.5 Å². The van der Waals surface area contributed by atoms with Crippen molar-refractivity contribution >= 4 is 74.2 Å². The van der Waals surface area contributed by atoms with Gasteiger partial charge in [-0.1, -0.05) is 27.6 Å². The lowest BCUT2D eigenvalue weighted by atomic mass is 9.56. The zero-order valence-corrected chi connectivity index (χ0v) is 26.4. The first kappa shape index (κ1) is 29.3. The van der Waals surface area contributed by atoms with E-state index in [1.807, 2.05) is 6.08 Å². The van der Waals surface area contributed by atoms with Crippen LogP contribution in [0.25, 0.3) is 0 Å². The molecular weight excluding hydrogens is 675 g/mol. The number of amides is 4. The Morgan fingerprint density at radius 1 is 1.05 bits per heavy atom. The molecule has 44 heavy (non-hydrogen) atoms. The summed E-state index contributed by atoms with van der Waals surface area (Å²) in [5.74, 6) is -4.92. The van der Waals surface area contributed by atoms with Crippen LogP contribution in [0.15, 0.2) is 65.9 Å². The number of phenols is 1. The molecule has 2 saturated heterocycles. The molecule has 4 amide bonds. The van der Waals surface area contributed by atoms with Gasteiger partial charge in [0.2, 0.25) is 11.8 Å². The number of nitrogens with zero attached hydrogens (tertiary/aromatic N) is 2. The molecular formula is C32H25BrCl2N2O7. The van der Waals surface area contributed by atoms with Gasteiger partial charge in [-0.3, -0.25) is 33.8 Å². The molecule has 2 aromatic carbocycles. The number of imide groups is 2. The van der Waals surface area contributed by atoms with E-state index in [4.69, 9.17) is 27.9 Å². The van der Waals surface area contributed by atoms with Crippen molar-refractivity contribution in [2.45, 2.75) is 35.9 Å². The molecule has 1 N–H and O–H groups in total. The number of carbonyl (C=O) groups is 5. The predicted molar refractivity (Wildman–Crippen MR) is 164 cm³/mol. The van der Waals surface area contributed by atoms with E-state index >= 15 is 0 Å². The number of aromatic hydroxyl groups is 1. The molecule has 6 unspecified atom stereocenters. The highest BCUT2D eigenvalue weighted by atomic mass is 79.9. The standard InChI is InChI=1S/C32H25BrCl2N2O7/c1-15(38)16-2-4-19(5-3-16)37-27(40)22-8-7-21-23(25(22)28(37)41)12-31(34)29(42)36(14-33)30(43)32(31,35)26(21)18-10-17-11-20(39)6-9-24(17)44-13-18/h2-7,9,11,13,22-23,25-26,39H,8,10,12,14H2,1H3. The first-order chi connectivity index (χ1) is 20.9. The SMILES string of the molecule is CC(=O)c1ccc(N2C(=O)C3CC=C4C(CC5(Cl)C(=O)N(CBr)C(=O)C5(Cl)C4C4=COc5ccc(O)cc5C4)C3C2=O)cc1. The lowest BCUT2D eigenvalue weighted by Crippen LogP contribution is -2.61. The van der Waals surface area contributed by atoms with Crippen LogP contribution < -0.4 is 9.64 Å². The zero-order chi connectivity index (χ0) is 31.3. The zero-order valence-electron chi connectivity index (χ0n) is 23.3. The van der Waals surface area contributed by atoms with Gasteiger partial charge in [-0.25, -0.2) is 0 Å². The fourth-order valence-corrected chi connectivity index (χ4v) is 9.10. The van der Waals surface area contributed by atoms with Crippen molar-refractivity contribution in [3.63, 3.8) is 0 Å². The maximum absolute atomic E-state index is 14.1. The number of carbonyl (C=O) groups excluding carboxylic acids is 5. The normalized spacial score (nSPS) is 32.4. The molecule has 1 saturated carbocycles. The van der Waals surface area contributed by atoms with E-state index in [9.17, 15) is 29.1 Å². The number of anilines is 1. The van der Waals surface area contributed by atoms with Crippen LogP contribution in [0.1, 0.15) is 35.7 Å². The molecule has 5 aliphatic rings.